The maximum absolute atomic E-state index is 12.3. The second kappa shape index (κ2) is 5.42. The summed E-state index contributed by atoms with van der Waals surface area (Å²) in [4.78, 5) is 14.1. The first kappa shape index (κ1) is 12.9. The molecule has 98 valence electrons. The minimum atomic E-state index is 0.117. The van der Waals surface area contributed by atoms with Crippen LogP contribution in [0.5, 0.6) is 0 Å². The van der Waals surface area contributed by atoms with Crippen molar-refractivity contribution in [2.45, 2.75) is 26.7 Å². The SMILES string of the molecule is CCC(C)CN(C)C(=O)c1ccc2c(c1)NCC2. The lowest BCUT2D eigenvalue weighted by Crippen LogP contribution is -2.30. The number of nitrogens with one attached hydrogen (secondary N) is 1. The predicted molar refractivity (Wildman–Crippen MR) is 75.1 cm³/mol. The number of hydrogen-bond acceptors (Lipinski definition) is 2. The molecule has 1 atom stereocenters. The van der Waals surface area contributed by atoms with Crippen molar-refractivity contribution in [3.05, 3.63) is 29.3 Å². The summed E-state index contributed by atoms with van der Waals surface area (Å²) in [6, 6.07) is 6.00. The average molecular weight is 246 g/mol. The van der Waals surface area contributed by atoms with Crippen LogP contribution in [0.25, 0.3) is 0 Å². The lowest BCUT2D eigenvalue weighted by atomic mass is 10.1. The molecule has 1 unspecified atom stereocenters. The number of hydrogen-bond donors (Lipinski definition) is 1. The normalized spacial score (nSPS) is 14.8. The van der Waals surface area contributed by atoms with E-state index in [1.165, 1.54) is 5.56 Å². The Hall–Kier alpha value is -1.51. The molecule has 0 spiro atoms. The van der Waals surface area contributed by atoms with Crippen LogP contribution in [0.4, 0.5) is 5.69 Å². The Bertz CT molecular complexity index is 442. The fourth-order valence-electron chi connectivity index (χ4n) is 2.32. The van der Waals surface area contributed by atoms with Crippen molar-refractivity contribution in [2.24, 2.45) is 5.92 Å². The fraction of sp³-hybridized carbons (Fsp3) is 0.533. The standard InChI is InChI=1S/C15H22N2O/c1-4-11(2)10-17(3)15(18)13-6-5-12-7-8-16-14(12)9-13/h5-6,9,11,16H,4,7-8,10H2,1-3H3. The third-order valence-corrected chi connectivity index (χ3v) is 3.70. The van der Waals surface area contributed by atoms with E-state index in [9.17, 15) is 4.79 Å². The molecule has 1 aromatic carbocycles. The zero-order chi connectivity index (χ0) is 13.1. The van der Waals surface area contributed by atoms with Gasteiger partial charge in [-0.2, -0.15) is 0 Å². The number of carbonyl (C=O) groups excluding carboxylic acids is 1. The predicted octanol–water partition coefficient (Wildman–Crippen LogP) is 2.77. The van der Waals surface area contributed by atoms with Crippen LogP contribution in [0.3, 0.4) is 0 Å². The van der Waals surface area contributed by atoms with E-state index in [-0.39, 0.29) is 5.91 Å². The fourth-order valence-corrected chi connectivity index (χ4v) is 2.32. The molecule has 0 aromatic heterocycles. The summed E-state index contributed by atoms with van der Waals surface area (Å²) in [5, 5.41) is 3.32. The molecule has 3 nitrogen and oxygen atoms in total. The molecule has 0 aliphatic carbocycles. The quantitative estimate of drug-likeness (QED) is 0.886. The van der Waals surface area contributed by atoms with Crippen molar-refractivity contribution in [3.8, 4) is 0 Å². The van der Waals surface area contributed by atoms with Crippen LogP contribution in [-0.2, 0) is 6.42 Å². The van der Waals surface area contributed by atoms with Gasteiger partial charge in [0.1, 0.15) is 0 Å². The smallest absolute Gasteiger partial charge is 0.253 e. The zero-order valence-electron chi connectivity index (χ0n) is 11.5. The summed E-state index contributed by atoms with van der Waals surface area (Å²) in [5.41, 5.74) is 3.22. The summed E-state index contributed by atoms with van der Waals surface area (Å²) in [6.07, 6.45) is 2.16. The first-order valence-corrected chi connectivity index (χ1v) is 6.74. The van der Waals surface area contributed by atoms with E-state index in [2.05, 4.69) is 25.2 Å². The molecule has 1 aromatic rings. The van der Waals surface area contributed by atoms with Crippen LogP contribution in [0, 0.1) is 5.92 Å². The number of amides is 1. The minimum absolute atomic E-state index is 0.117. The van der Waals surface area contributed by atoms with Gasteiger partial charge < -0.3 is 10.2 Å². The van der Waals surface area contributed by atoms with Gasteiger partial charge in [-0.25, -0.2) is 0 Å². The van der Waals surface area contributed by atoms with Crippen molar-refractivity contribution >= 4 is 11.6 Å². The number of rotatable bonds is 4. The highest BCUT2D eigenvalue weighted by atomic mass is 16.2. The molecule has 1 heterocycles. The Morgan fingerprint density at radius 1 is 1.50 bits per heavy atom. The van der Waals surface area contributed by atoms with E-state index < -0.39 is 0 Å². The Morgan fingerprint density at radius 3 is 3.00 bits per heavy atom. The summed E-state index contributed by atoms with van der Waals surface area (Å²) in [5.74, 6) is 0.665. The lowest BCUT2D eigenvalue weighted by Gasteiger charge is -2.21. The van der Waals surface area contributed by atoms with E-state index >= 15 is 0 Å². The Morgan fingerprint density at radius 2 is 2.28 bits per heavy atom. The van der Waals surface area contributed by atoms with Gasteiger partial charge in [0.05, 0.1) is 0 Å². The molecule has 1 amide bonds. The highest BCUT2D eigenvalue weighted by molar-refractivity contribution is 5.95. The molecule has 0 fully saturated rings. The van der Waals surface area contributed by atoms with Crippen molar-refractivity contribution < 1.29 is 4.79 Å². The molecule has 0 radical (unpaired) electrons. The molecule has 2 rings (SSSR count). The number of carbonyl (C=O) groups is 1. The number of anilines is 1. The summed E-state index contributed by atoms with van der Waals surface area (Å²) >= 11 is 0. The van der Waals surface area contributed by atoms with Crippen LogP contribution in [0.2, 0.25) is 0 Å². The van der Waals surface area contributed by atoms with Crippen molar-refractivity contribution in [3.63, 3.8) is 0 Å². The van der Waals surface area contributed by atoms with Gasteiger partial charge in [0.2, 0.25) is 0 Å². The van der Waals surface area contributed by atoms with Crippen LogP contribution < -0.4 is 5.32 Å². The van der Waals surface area contributed by atoms with E-state index in [4.69, 9.17) is 0 Å². The van der Waals surface area contributed by atoms with E-state index in [0.717, 1.165) is 37.2 Å². The van der Waals surface area contributed by atoms with E-state index in [1.807, 2.05) is 24.1 Å². The van der Waals surface area contributed by atoms with Gasteiger partial charge in [-0.15, -0.1) is 0 Å². The first-order valence-electron chi connectivity index (χ1n) is 6.74. The van der Waals surface area contributed by atoms with Crippen LogP contribution in [-0.4, -0.2) is 30.9 Å². The largest absolute Gasteiger partial charge is 0.384 e. The minimum Gasteiger partial charge on any atom is -0.384 e. The number of nitrogens with zero attached hydrogens (tertiary/aromatic N) is 1. The van der Waals surface area contributed by atoms with Crippen molar-refractivity contribution in [1.82, 2.24) is 4.90 Å². The maximum Gasteiger partial charge on any atom is 0.253 e. The molecular weight excluding hydrogens is 224 g/mol. The third-order valence-electron chi connectivity index (χ3n) is 3.70. The Kier molecular flexibility index (Phi) is 3.90. The number of benzene rings is 1. The molecule has 0 saturated heterocycles. The van der Waals surface area contributed by atoms with E-state index in [1.54, 1.807) is 0 Å². The molecule has 1 aliphatic heterocycles. The van der Waals surface area contributed by atoms with Gasteiger partial charge in [-0.3, -0.25) is 4.79 Å². The van der Waals surface area contributed by atoms with Gasteiger partial charge in [0.15, 0.2) is 0 Å². The van der Waals surface area contributed by atoms with Crippen LogP contribution in [0.1, 0.15) is 36.2 Å². The summed E-state index contributed by atoms with van der Waals surface area (Å²) in [6.45, 7) is 6.13. The monoisotopic (exact) mass is 246 g/mol. The van der Waals surface area contributed by atoms with Gasteiger partial charge in [-0.05, 0) is 30.0 Å². The van der Waals surface area contributed by atoms with Gasteiger partial charge >= 0.3 is 0 Å². The molecule has 1 aliphatic rings. The van der Waals surface area contributed by atoms with Crippen LogP contribution >= 0.6 is 0 Å². The van der Waals surface area contributed by atoms with Crippen LogP contribution in [0.15, 0.2) is 18.2 Å². The summed E-state index contributed by atoms with van der Waals surface area (Å²) < 4.78 is 0. The highest BCUT2D eigenvalue weighted by Gasteiger charge is 2.17. The van der Waals surface area contributed by atoms with Gasteiger partial charge in [0, 0.05) is 31.4 Å². The molecule has 18 heavy (non-hydrogen) atoms. The molecule has 1 N–H and O–H groups in total. The van der Waals surface area contributed by atoms with Crippen molar-refractivity contribution in [1.29, 1.82) is 0 Å². The Balaban J connectivity index is 2.09. The second-order valence-electron chi connectivity index (χ2n) is 5.25. The van der Waals surface area contributed by atoms with Gasteiger partial charge in [0.25, 0.3) is 5.91 Å². The Labute approximate surface area is 109 Å². The molecule has 0 bridgehead atoms. The molecule has 0 saturated carbocycles. The van der Waals surface area contributed by atoms with Gasteiger partial charge in [-0.1, -0.05) is 26.3 Å². The third kappa shape index (κ3) is 2.66. The molecular formula is C15H22N2O. The summed E-state index contributed by atoms with van der Waals surface area (Å²) in [7, 11) is 1.88. The topological polar surface area (TPSA) is 32.3 Å². The maximum atomic E-state index is 12.3. The number of fused-ring (bicyclic) bond motifs is 1. The first-order chi connectivity index (χ1) is 8.61. The molecule has 3 heteroatoms. The lowest BCUT2D eigenvalue weighted by molar-refractivity contribution is 0.0775. The van der Waals surface area contributed by atoms with Crippen molar-refractivity contribution in [2.75, 3.05) is 25.5 Å². The average Bonchev–Trinajstić information content (AvgIpc) is 2.84. The second-order valence-corrected chi connectivity index (χ2v) is 5.25. The zero-order valence-corrected chi connectivity index (χ0v) is 11.5. The van der Waals surface area contributed by atoms with E-state index in [0.29, 0.717) is 5.92 Å². The highest BCUT2D eigenvalue weighted by Crippen LogP contribution is 2.23.